The second kappa shape index (κ2) is 8.40. The summed E-state index contributed by atoms with van der Waals surface area (Å²) in [4.78, 5) is 14.0. The summed E-state index contributed by atoms with van der Waals surface area (Å²) >= 11 is 0. The van der Waals surface area contributed by atoms with Gasteiger partial charge in [-0.1, -0.05) is 26.0 Å². The molecule has 0 unspecified atom stereocenters. The summed E-state index contributed by atoms with van der Waals surface area (Å²) in [5, 5.41) is 11.6. The largest absolute Gasteiger partial charge is 0.355 e. The van der Waals surface area contributed by atoms with Crippen LogP contribution in [0.1, 0.15) is 31.1 Å². The van der Waals surface area contributed by atoms with Crippen molar-refractivity contribution in [3.8, 4) is 0 Å². The minimum atomic E-state index is -0.204. The summed E-state index contributed by atoms with van der Waals surface area (Å²) in [7, 11) is 0. The molecule has 7 heteroatoms. The van der Waals surface area contributed by atoms with Crippen LogP contribution < -0.4 is 5.32 Å². The van der Waals surface area contributed by atoms with Crippen molar-refractivity contribution in [3.05, 3.63) is 47.3 Å². The van der Waals surface area contributed by atoms with Gasteiger partial charge in [0.15, 0.2) is 0 Å². The van der Waals surface area contributed by atoms with Crippen molar-refractivity contribution >= 4 is 5.91 Å². The molecule has 0 aliphatic carbocycles. The summed E-state index contributed by atoms with van der Waals surface area (Å²) < 4.78 is 15.2. The quantitative estimate of drug-likeness (QED) is 0.854. The Labute approximate surface area is 153 Å². The Bertz CT molecular complexity index is 741. The van der Waals surface area contributed by atoms with E-state index in [4.69, 9.17) is 0 Å². The Hall–Kier alpha value is -2.28. The van der Waals surface area contributed by atoms with Gasteiger partial charge in [-0.2, -0.15) is 0 Å². The molecular formula is C19H26FN5O. The van der Waals surface area contributed by atoms with Crippen molar-refractivity contribution < 1.29 is 9.18 Å². The highest BCUT2D eigenvalue weighted by Crippen LogP contribution is 2.13. The molecule has 6 nitrogen and oxygen atoms in total. The molecule has 1 aliphatic heterocycles. The number of amides is 1. The molecule has 1 N–H and O–H groups in total. The Morgan fingerprint density at radius 3 is 2.69 bits per heavy atom. The van der Waals surface area contributed by atoms with E-state index in [1.165, 1.54) is 12.1 Å². The van der Waals surface area contributed by atoms with E-state index in [-0.39, 0.29) is 17.6 Å². The second-order valence-electron chi connectivity index (χ2n) is 7.03. The summed E-state index contributed by atoms with van der Waals surface area (Å²) in [6, 6.07) is 6.68. The van der Waals surface area contributed by atoms with Gasteiger partial charge in [-0.15, -0.1) is 10.2 Å². The highest BCUT2D eigenvalue weighted by Gasteiger charge is 2.19. The van der Waals surface area contributed by atoms with Crippen molar-refractivity contribution in [1.29, 1.82) is 0 Å². The highest BCUT2D eigenvalue weighted by atomic mass is 19.1. The van der Waals surface area contributed by atoms with Crippen molar-refractivity contribution in [2.45, 2.75) is 39.8 Å². The molecule has 1 amide bonds. The maximum Gasteiger partial charge on any atom is 0.222 e. The molecule has 1 aromatic carbocycles. The summed E-state index contributed by atoms with van der Waals surface area (Å²) in [5.41, 5.74) is 1.11. The number of benzene rings is 1. The number of carbonyl (C=O) groups is 1. The Morgan fingerprint density at radius 1 is 1.19 bits per heavy atom. The molecule has 26 heavy (non-hydrogen) atoms. The second-order valence-corrected chi connectivity index (χ2v) is 7.03. The van der Waals surface area contributed by atoms with Gasteiger partial charge >= 0.3 is 0 Å². The number of rotatable bonds is 6. The third kappa shape index (κ3) is 4.66. The van der Waals surface area contributed by atoms with Gasteiger partial charge in [0.05, 0.1) is 0 Å². The number of halogens is 1. The fraction of sp³-hybridized carbons (Fsp3) is 0.526. The first-order valence-corrected chi connectivity index (χ1v) is 9.18. The van der Waals surface area contributed by atoms with E-state index in [1.54, 1.807) is 0 Å². The van der Waals surface area contributed by atoms with Gasteiger partial charge < -0.3 is 9.88 Å². The Morgan fingerprint density at radius 2 is 1.96 bits per heavy atom. The van der Waals surface area contributed by atoms with E-state index in [2.05, 4.69) is 25.0 Å². The number of hydrogen-bond donors (Lipinski definition) is 1. The lowest BCUT2D eigenvalue weighted by atomic mass is 10.2. The lowest BCUT2D eigenvalue weighted by molar-refractivity contribution is -0.123. The molecule has 1 aliphatic rings. The topological polar surface area (TPSA) is 63.1 Å². The van der Waals surface area contributed by atoms with Gasteiger partial charge in [0.25, 0.3) is 0 Å². The average molecular weight is 359 g/mol. The lowest BCUT2D eigenvalue weighted by Crippen LogP contribution is -2.30. The highest BCUT2D eigenvalue weighted by molar-refractivity contribution is 5.77. The van der Waals surface area contributed by atoms with Crippen LogP contribution in [0.3, 0.4) is 0 Å². The number of aromatic nitrogens is 3. The molecule has 0 radical (unpaired) electrons. The molecule has 2 heterocycles. The smallest absolute Gasteiger partial charge is 0.222 e. The first-order chi connectivity index (χ1) is 12.5. The maximum atomic E-state index is 13.0. The van der Waals surface area contributed by atoms with Gasteiger partial charge in [-0.25, -0.2) is 4.39 Å². The fourth-order valence-corrected chi connectivity index (χ4v) is 3.12. The molecule has 2 aromatic rings. The minimum absolute atomic E-state index is 0.00876. The molecule has 3 rings (SSSR count). The first kappa shape index (κ1) is 18.5. The summed E-state index contributed by atoms with van der Waals surface area (Å²) in [6.45, 7) is 7.78. The predicted molar refractivity (Wildman–Crippen MR) is 97.0 cm³/mol. The molecule has 1 aromatic heterocycles. The molecule has 0 bridgehead atoms. The normalized spacial score (nSPS) is 14.9. The van der Waals surface area contributed by atoms with Crippen LogP contribution in [0.4, 0.5) is 4.39 Å². The Kier molecular flexibility index (Phi) is 5.98. The molecule has 0 saturated heterocycles. The number of nitrogens with one attached hydrogen (secondary N) is 1. The number of hydrogen-bond acceptors (Lipinski definition) is 4. The number of nitrogens with zero attached hydrogens (tertiary/aromatic N) is 4. The summed E-state index contributed by atoms with van der Waals surface area (Å²) in [6.07, 6.45) is 1.52. The molecule has 0 fully saturated rings. The minimum Gasteiger partial charge on any atom is -0.355 e. The van der Waals surface area contributed by atoms with Gasteiger partial charge in [0.1, 0.15) is 17.5 Å². The van der Waals surface area contributed by atoms with Gasteiger partial charge in [0, 0.05) is 51.5 Å². The molecule has 0 saturated carbocycles. The summed E-state index contributed by atoms with van der Waals surface area (Å²) in [5.74, 6) is 1.77. The van der Waals surface area contributed by atoms with Crippen LogP contribution in [0.15, 0.2) is 24.3 Å². The van der Waals surface area contributed by atoms with E-state index in [0.29, 0.717) is 13.0 Å². The fourth-order valence-electron chi connectivity index (χ4n) is 3.12. The van der Waals surface area contributed by atoms with Crippen LogP contribution in [-0.2, 0) is 30.7 Å². The first-order valence-electron chi connectivity index (χ1n) is 9.18. The SMILES string of the molecule is CC(C)C(=O)NCCc1nnc2n1CCN(Cc1ccc(F)cc1)CC2. The molecule has 140 valence electrons. The number of fused-ring (bicyclic) bond motifs is 1. The van der Waals surface area contributed by atoms with Crippen molar-refractivity contribution in [2.24, 2.45) is 5.92 Å². The van der Waals surface area contributed by atoms with E-state index >= 15 is 0 Å². The van der Waals surface area contributed by atoms with Crippen LogP contribution in [0.5, 0.6) is 0 Å². The van der Waals surface area contributed by atoms with Gasteiger partial charge in [-0.05, 0) is 17.7 Å². The zero-order valence-electron chi connectivity index (χ0n) is 15.4. The van der Waals surface area contributed by atoms with Crippen molar-refractivity contribution in [1.82, 2.24) is 25.0 Å². The van der Waals surface area contributed by atoms with Crippen LogP contribution in [-0.4, -0.2) is 45.2 Å². The van der Waals surface area contributed by atoms with Crippen LogP contribution in [0.25, 0.3) is 0 Å². The van der Waals surface area contributed by atoms with Crippen LogP contribution >= 0.6 is 0 Å². The molecular weight excluding hydrogens is 333 g/mol. The Balaban J connectivity index is 1.55. The maximum absolute atomic E-state index is 13.0. The lowest BCUT2D eigenvalue weighted by Gasteiger charge is -2.19. The van der Waals surface area contributed by atoms with Crippen LogP contribution in [0.2, 0.25) is 0 Å². The van der Waals surface area contributed by atoms with E-state index in [9.17, 15) is 9.18 Å². The third-order valence-corrected chi connectivity index (χ3v) is 4.69. The van der Waals surface area contributed by atoms with Crippen molar-refractivity contribution in [3.63, 3.8) is 0 Å². The van der Waals surface area contributed by atoms with E-state index in [0.717, 1.165) is 49.8 Å². The standard InChI is InChI=1S/C19H26FN5O/c1-14(2)19(26)21-9-7-17-22-23-18-8-10-24(11-12-25(17)18)13-15-3-5-16(20)6-4-15/h3-6,14H,7-13H2,1-2H3,(H,21,26). The van der Waals surface area contributed by atoms with Gasteiger partial charge in [-0.3, -0.25) is 9.69 Å². The zero-order chi connectivity index (χ0) is 18.5. The zero-order valence-corrected chi connectivity index (χ0v) is 15.4. The molecule has 0 atom stereocenters. The van der Waals surface area contributed by atoms with Gasteiger partial charge in [0.2, 0.25) is 5.91 Å². The van der Waals surface area contributed by atoms with Crippen LogP contribution in [0, 0.1) is 11.7 Å². The monoisotopic (exact) mass is 359 g/mol. The molecule has 0 spiro atoms. The third-order valence-electron chi connectivity index (χ3n) is 4.69. The predicted octanol–water partition coefficient (Wildman–Crippen LogP) is 1.79. The van der Waals surface area contributed by atoms with E-state index < -0.39 is 0 Å². The average Bonchev–Trinajstić information content (AvgIpc) is 2.89. The van der Waals surface area contributed by atoms with Crippen molar-refractivity contribution in [2.75, 3.05) is 19.6 Å². The number of carbonyl (C=O) groups excluding carboxylic acids is 1. The van der Waals surface area contributed by atoms with E-state index in [1.807, 2.05) is 26.0 Å².